The van der Waals surface area contributed by atoms with Crippen molar-refractivity contribution in [3.05, 3.63) is 121 Å². The van der Waals surface area contributed by atoms with Gasteiger partial charge in [0.05, 0.1) is 16.2 Å². The third kappa shape index (κ3) is 4.49. The fourth-order valence-electron chi connectivity index (χ4n) is 6.53. The quantitative estimate of drug-likeness (QED) is 0.0732. The first-order valence-corrected chi connectivity index (χ1v) is 14.0. The molecule has 52 heavy (non-hydrogen) atoms. The van der Waals surface area contributed by atoms with Gasteiger partial charge in [0.15, 0.2) is 105 Å². The summed E-state index contributed by atoms with van der Waals surface area (Å²) in [5, 5.41) is -12.5. The summed E-state index contributed by atoms with van der Waals surface area (Å²) < 4.78 is 274. The molecular formula is C33H9BF18. The molecule has 0 atom stereocenters. The first-order chi connectivity index (χ1) is 24.1. The van der Waals surface area contributed by atoms with Gasteiger partial charge in [0.2, 0.25) is 6.71 Å². The second kappa shape index (κ2) is 12.0. The van der Waals surface area contributed by atoms with Gasteiger partial charge in [0, 0.05) is 16.2 Å². The number of fused-ring (bicyclic) bond motifs is 3. The molecular weight excluding hydrogens is 749 g/mol. The number of hydrogen-bond donors (Lipinski definition) is 0. The van der Waals surface area contributed by atoms with Gasteiger partial charge < -0.3 is 0 Å². The summed E-state index contributed by atoms with van der Waals surface area (Å²) >= 11 is 0. The van der Waals surface area contributed by atoms with Crippen LogP contribution in [-0.4, -0.2) is 6.71 Å². The lowest BCUT2D eigenvalue weighted by Crippen LogP contribution is -2.57. The molecule has 0 unspecified atom stereocenters. The lowest BCUT2D eigenvalue weighted by atomic mass is 9.33. The van der Waals surface area contributed by atoms with Gasteiger partial charge >= 0.3 is 0 Å². The summed E-state index contributed by atoms with van der Waals surface area (Å²) in [6, 6.07) is 0. The van der Waals surface area contributed by atoms with Crippen LogP contribution in [0.15, 0.2) is 0 Å². The van der Waals surface area contributed by atoms with E-state index in [-0.39, 0.29) is 0 Å². The molecule has 0 amide bonds. The van der Waals surface area contributed by atoms with Crippen LogP contribution in [0.4, 0.5) is 79.0 Å². The Labute approximate surface area is 276 Å². The molecule has 0 aliphatic heterocycles. The summed E-state index contributed by atoms with van der Waals surface area (Å²) in [6.45, 7) is -2.14. The number of rotatable bonds is 3. The fraction of sp³-hybridized carbons (Fsp3) is 0.0909. The van der Waals surface area contributed by atoms with E-state index >= 15 is 52.7 Å². The number of hydrogen-bond acceptors (Lipinski definition) is 0. The maximum atomic E-state index is 15.8. The van der Waals surface area contributed by atoms with E-state index in [0.717, 1.165) is 0 Å². The molecule has 270 valence electrons. The largest absolute Gasteiger partial charge is 0.245 e. The Morgan fingerprint density at radius 3 is 0.558 bits per heavy atom. The van der Waals surface area contributed by atoms with Crippen molar-refractivity contribution >= 4 is 55.4 Å². The first kappa shape index (κ1) is 36.7. The normalized spacial score (nSPS) is 11.9. The predicted octanol–water partition coefficient (Wildman–Crippen LogP) is 9.09. The maximum Gasteiger partial charge on any atom is 0.245 e. The van der Waals surface area contributed by atoms with Crippen LogP contribution < -0.4 is 16.4 Å². The van der Waals surface area contributed by atoms with E-state index in [0.29, 0.717) is 20.8 Å². The molecule has 0 radical (unpaired) electrons. The van der Waals surface area contributed by atoms with Crippen molar-refractivity contribution in [2.75, 3.05) is 0 Å². The van der Waals surface area contributed by atoms with Crippen LogP contribution in [0.2, 0.25) is 0 Å². The van der Waals surface area contributed by atoms with Gasteiger partial charge in [-0.15, -0.1) is 0 Å². The third-order valence-electron chi connectivity index (χ3n) is 8.91. The Kier molecular flexibility index (Phi) is 8.45. The lowest BCUT2D eigenvalue weighted by Gasteiger charge is -2.28. The van der Waals surface area contributed by atoms with E-state index < -0.39 is 177 Å². The van der Waals surface area contributed by atoms with E-state index in [1.165, 1.54) is 0 Å². The number of halogens is 18. The highest BCUT2D eigenvalue weighted by atomic mass is 19.2. The van der Waals surface area contributed by atoms with Crippen LogP contribution in [0.3, 0.4) is 0 Å². The van der Waals surface area contributed by atoms with E-state index in [2.05, 4.69) is 0 Å². The van der Waals surface area contributed by atoms with Crippen LogP contribution >= 0.6 is 0 Å². The van der Waals surface area contributed by atoms with Gasteiger partial charge in [0.25, 0.3) is 0 Å². The van der Waals surface area contributed by atoms with Crippen molar-refractivity contribution in [3.8, 4) is 0 Å². The molecule has 0 bridgehead atoms. The Morgan fingerprint density at radius 1 is 0.212 bits per heavy atom. The van der Waals surface area contributed by atoms with Gasteiger partial charge in [0.1, 0.15) is 0 Å². The van der Waals surface area contributed by atoms with Crippen LogP contribution in [0.25, 0.3) is 32.3 Å². The SMILES string of the molecule is Cc1c(F)c(F)c2c(F)c(F)c(F)c(F)c2c1B(c1c(C)c(F)c(F)c2c(F)c(F)c(F)c(F)c12)c1c(C)c(F)c(F)c2c(F)c(F)c(F)c(F)c12. The highest BCUT2D eigenvalue weighted by molar-refractivity contribution is 7.00. The first-order valence-electron chi connectivity index (χ1n) is 14.0. The molecule has 0 aromatic heterocycles. The minimum atomic E-state index is -3.27. The molecule has 0 aliphatic carbocycles. The summed E-state index contributed by atoms with van der Waals surface area (Å²) in [4.78, 5) is 0. The van der Waals surface area contributed by atoms with E-state index in [9.17, 15) is 26.3 Å². The molecule has 19 heteroatoms. The van der Waals surface area contributed by atoms with Crippen LogP contribution in [-0.2, 0) is 0 Å². The Hall–Kier alpha value is -5.10. The van der Waals surface area contributed by atoms with Crippen molar-refractivity contribution in [1.82, 2.24) is 0 Å². The molecule has 0 aliphatic rings. The summed E-state index contributed by atoms with van der Waals surface area (Å²) in [6.07, 6.45) is 0. The molecule has 6 aromatic rings. The minimum absolute atomic E-state index is 0.377. The predicted molar refractivity (Wildman–Crippen MR) is 150 cm³/mol. The summed E-state index contributed by atoms with van der Waals surface area (Å²) in [7, 11) is 0. The molecule has 0 spiro atoms. The fourth-order valence-corrected chi connectivity index (χ4v) is 6.53. The Balaban J connectivity index is 2.10. The van der Waals surface area contributed by atoms with E-state index in [1.807, 2.05) is 0 Å². The Bertz CT molecular complexity index is 2340. The summed E-state index contributed by atoms with van der Waals surface area (Å²) in [5.74, 6) is -47.8. The zero-order valence-electron chi connectivity index (χ0n) is 25.4. The van der Waals surface area contributed by atoms with Crippen molar-refractivity contribution < 1.29 is 79.0 Å². The minimum Gasteiger partial charge on any atom is -0.203 e. The van der Waals surface area contributed by atoms with E-state index in [1.54, 1.807) is 0 Å². The highest BCUT2D eigenvalue weighted by Crippen LogP contribution is 2.37. The molecule has 0 fully saturated rings. The molecule has 0 saturated heterocycles. The third-order valence-corrected chi connectivity index (χ3v) is 8.91. The zero-order chi connectivity index (χ0) is 38.9. The second-order valence-electron chi connectivity index (χ2n) is 11.5. The molecule has 6 aromatic carbocycles. The average Bonchev–Trinajstić information content (AvgIpc) is 3.11. The van der Waals surface area contributed by atoms with Crippen molar-refractivity contribution in [2.24, 2.45) is 0 Å². The van der Waals surface area contributed by atoms with Gasteiger partial charge in [-0.1, -0.05) is 16.4 Å². The summed E-state index contributed by atoms with van der Waals surface area (Å²) in [5.41, 5.74) is -9.65. The highest BCUT2D eigenvalue weighted by Gasteiger charge is 2.43. The maximum absolute atomic E-state index is 15.8. The van der Waals surface area contributed by atoms with Gasteiger partial charge in [-0.05, 0) is 37.5 Å². The second-order valence-corrected chi connectivity index (χ2v) is 11.5. The van der Waals surface area contributed by atoms with Gasteiger partial charge in [-0.2, -0.15) is 0 Å². The van der Waals surface area contributed by atoms with Gasteiger partial charge in [-0.3, -0.25) is 0 Å². The topological polar surface area (TPSA) is 0 Å². The molecule has 6 rings (SSSR count). The van der Waals surface area contributed by atoms with Crippen LogP contribution in [0.1, 0.15) is 16.7 Å². The van der Waals surface area contributed by atoms with Gasteiger partial charge in [-0.25, -0.2) is 79.0 Å². The zero-order valence-corrected chi connectivity index (χ0v) is 25.4. The van der Waals surface area contributed by atoms with Crippen LogP contribution in [0.5, 0.6) is 0 Å². The smallest absolute Gasteiger partial charge is 0.203 e. The van der Waals surface area contributed by atoms with E-state index in [4.69, 9.17) is 0 Å². The van der Waals surface area contributed by atoms with Crippen molar-refractivity contribution in [1.29, 1.82) is 0 Å². The average molecular weight is 758 g/mol. The monoisotopic (exact) mass is 758 g/mol. The van der Waals surface area contributed by atoms with Crippen molar-refractivity contribution in [3.63, 3.8) is 0 Å². The van der Waals surface area contributed by atoms with Crippen LogP contribution in [0, 0.1) is 125 Å². The Morgan fingerprint density at radius 2 is 0.365 bits per heavy atom. The standard InChI is InChI=1S/C33H9BF18/c1-4-13(7-10(22(41)16(4)35)25(44)31(50)28(47)19(7)38)34(14-5(2)17(36)23(42)11-8(14)20(39)29(48)32(51)26(11)45)15-6(3)18(37)24(43)12-9(15)21(40)30(49)33(52)27(12)46/h1-3H3. The molecule has 0 heterocycles. The molecule has 0 saturated carbocycles. The number of benzene rings is 6. The molecule has 0 nitrogen and oxygen atoms in total. The van der Waals surface area contributed by atoms with Crippen molar-refractivity contribution in [2.45, 2.75) is 20.8 Å². The molecule has 0 N–H and O–H groups in total. The lowest BCUT2D eigenvalue weighted by molar-refractivity contribution is 0.414.